The number of benzene rings is 2. The summed E-state index contributed by atoms with van der Waals surface area (Å²) in [5, 5.41) is 3.63. The molecule has 5 nitrogen and oxygen atoms in total. The van der Waals surface area contributed by atoms with Crippen molar-refractivity contribution in [1.29, 1.82) is 0 Å². The lowest BCUT2D eigenvalue weighted by atomic mass is 10.0. The molecule has 0 aliphatic rings. The number of hydrogen-bond acceptors (Lipinski definition) is 3. The van der Waals surface area contributed by atoms with Gasteiger partial charge < -0.3 is 20.8 Å². The number of nitrogens with one attached hydrogen (secondary N) is 2. The van der Waals surface area contributed by atoms with Crippen LogP contribution in [0.25, 0.3) is 22.0 Å². The van der Waals surface area contributed by atoms with Gasteiger partial charge in [-0.15, -0.1) is 0 Å². The van der Waals surface area contributed by atoms with Gasteiger partial charge in [0.2, 0.25) is 5.88 Å². The van der Waals surface area contributed by atoms with Crippen LogP contribution in [0.5, 0.6) is 5.88 Å². The van der Waals surface area contributed by atoms with Gasteiger partial charge in [0.25, 0.3) is 0 Å². The molecular formula is C18H19N3O2. The van der Waals surface area contributed by atoms with Crippen LogP contribution in [-0.4, -0.2) is 17.6 Å². The molecule has 0 saturated heterocycles. The first-order valence-electron chi connectivity index (χ1n) is 7.61. The average molecular weight is 309 g/mol. The van der Waals surface area contributed by atoms with Crippen LogP contribution in [0.4, 0.5) is 10.5 Å². The number of nitrogens with two attached hydrogens (primary N) is 1. The van der Waals surface area contributed by atoms with Gasteiger partial charge in [0.15, 0.2) is 0 Å². The number of aromatic nitrogens is 1. The first kappa shape index (κ1) is 15.0. The molecule has 2 aromatic carbocycles. The van der Waals surface area contributed by atoms with Crippen LogP contribution in [0, 0.1) is 0 Å². The summed E-state index contributed by atoms with van der Waals surface area (Å²) in [7, 11) is 0. The number of ether oxygens (including phenoxy) is 1. The van der Waals surface area contributed by atoms with Gasteiger partial charge in [-0.2, -0.15) is 0 Å². The second kappa shape index (κ2) is 6.44. The normalized spacial score (nSPS) is 10.7. The highest BCUT2D eigenvalue weighted by atomic mass is 16.6. The summed E-state index contributed by atoms with van der Waals surface area (Å²) >= 11 is 0. The molecule has 1 aromatic heterocycles. The standard InChI is InChI=1S/C18H19N3O2/c1-2-10-20-18(22)23-17-16(12-6-4-3-5-7-12)14-11-13(19)8-9-15(14)21-17/h3-9,11,21H,2,10,19H2,1H3,(H,20,22). The van der Waals surface area contributed by atoms with E-state index < -0.39 is 6.09 Å². The molecule has 5 heteroatoms. The lowest BCUT2D eigenvalue weighted by Gasteiger charge is -2.07. The van der Waals surface area contributed by atoms with Gasteiger partial charge >= 0.3 is 6.09 Å². The minimum Gasteiger partial charge on any atom is -0.399 e. The van der Waals surface area contributed by atoms with Crippen LogP contribution in [0.2, 0.25) is 0 Å². The fourth-order valence-corrected chi connectivity index (χ4v) is 2.51. The maximum atomic E-state index is 11.9. The summed E-state index contributed by atoms with van der Waals surface area (Å²) in [4.78, 5) is 15.1. The Morgan fingerprint density at radius 3 is 2.74 bits per heavy atom. The maximum Gasteiger partial charge on any atom is 0.413 e. The van der Waals surface area contributed by atoms with Gasteiger partial charge in [-0.05, 0) is 30.2 Å². The van der Waals surface area contributed by atoms with Crippen LogP contribution >= 0.6 is 0 Å². The lowest BCUT2D eigenvalue weighted by molar-refractivity contribution is 0.199. The Hall–Kier alpha value is -2.95. The first-order chi connectivity index (χ1) is 11.2. The topological polar surface area (TPSA) is 80.1 Å². The molecule has 0 radical (unpaired) electrons. The highest BCUT2D eigenvalue weighted by Gasteiger charge is 2.17. The van der Waals surface area contributed by atoms with Gasteiger partial charge in [-0.25, -0.2) is 4.79 Å². The van der Waals surface area contributed by atoms with Crippen LogP contribution < -0.4 is 15.8 Å². The van der Waals surface area contributed by atoms with E-state index in [4.69, 9.17) is 10.5 Å². The highest BCUT2D eigenvalue weighted by molar-refractivity contribution is 6.01. The van der Waals surface area contributed by atoms with Crippen molar-refractivity contribution < 1.29 is 9.53 Å². The fourth-order valence-electron chi connectivity index (χ4n) is 2.51. The Labute approximate surface area is 134 Å². The van der Waals surface area contributed by atoms with Crippen molar-refractivity contribution in [2.24, 2.45) is 0 Å². The lowest BCUT2D eigenvalue weighted by Crippen LogP contribution is -2.27. The minimum atomic E-state index is -0.469. The number of anilines is 1. The molecule has 0 atom stereocenters. The van der Waals surface area contributed by atoms with Crippen LogP contribution in [0.3, 0.4) is 0 Å². The van der Waals surface area contributed by atoms with Crippen molar-refractivity contribution in [2.75, 3.05) is 12.3 Å². The third-order valence-electron chi connectivity index (χ3n) is 3.56. The predicted octanol–water partition coefficient (Wildman–Crippen LogP) is 3.92. The quantitative estimate of drug-likeness (QED) is 0.639. The largest absolute Gasteiger partial charge is 0.413 e. The summed E-state index contributed by atoms with van der Waals surface area (Å²) in [5.74, 6) is 0.422. The Balaban J connectivity index is 2.08. The molecule has 0 saturated carbocycles. The van der Waals surface area contributed by atoms with E-state index in [9.17, 15) is 4.79 Å². The molecule has 3 aromatic rings. The third-order valence-corrected chi connectivity index (χ3v) is 3.56. The summed E-state index contributed by atoms with van der Waals surface area (Å²) in [6.07, 6.45) is 0.382. The third kappa shape index (κ3) is 3.13. The molecule has 3 rings (SSSR count). The second-order valence-corrected chi connectivity index (χ2v) is 5.32. The van der Waals surface area contributed by atoms with Gasteiger partial charge in [-0.3, -0.25) is 0 Å². The molecule has 0 aliphatic heterocycles. The number of H-pyrrole nitrogens is 1. The van der Waals surface area contributed by atoms with E-state index in [0.29, 0.717) is 18.1 Å². The van der Waals surface area contributed by atoms with Gasteiger partial charge in [0, 0.05) is 23.1 Å². The van der Waals surface area contributed by atoms with E-state index in [1.54, 1.807) is 0 Å². The van der Waals surface area contributed by atoms with Crippen molar-refractivity contribution in [3.8, 4) is 17.0 Å². The molecule has 0 aliphatic carbocycles. The second-order valence-electron chi connectivity index (χ2n) is 5.32. The molecule has 0 spiro atoms. The molecule has 1 heterocycles. The van der Waals surface area contributed by atoms with Crippen molar-refractivity contribution in [1.82, 2.24) is 10.3 Å². The molecule has 23 heavy (non-hydrogen) atoms. The summed E-state index contributed by atoms with van der Waals surface area (Å²) in [6.45, 7) is 2.56. The zero-order valence-electron chi connectivity index (χ0n) is 12.9. The number of carbonyl (C=O) groups excluding carboxylic acids is 1. The van der Waals surface area contributed by atoms with Gasteiger partial charge in [0.05, 0.1) is 5.56 Å². The molecule has 118 valence electrons. The number of carbonyl (C=O) groups is 1. The van der Waals surface area contributed by atoms with Crippen molar-refractivity contribution in [3.05, 3.63) is 48.5 Å². The number of hydrogen-bond donors (Lipinski definition) is 3. The maximum absolute atomic E-state index is 11.9. The van der Waals surface area contributed by atoms with E-state index in [2.05, 4.69) is 10.3 Å². The van der Waals surface area contributed by atoms with Crippen molar-refractivity contribution in [3.63, 3.8) is 0 Å². The molecule has 0 fully saturated rings. The summed E-state index contributed by atoms with van der Waals surface area (Å²) < 4.78 is 5.48. The van der Waals surface area contributed by atoms with E-state index in [0.717, 1.165) is 28.5 Å². The van der Waals surface area contributed by atoms with Gasteiger partial charge in [0.1, 0.15) is 0 Å². The van der Waals surface area contributed by atoms with E-state index in [-0.39, 0.29) is 0 Å². The van der Waals surface area contributed by atoms with E-state index in [1.165, 1.54) is 0 Å². The zero-order chi connectivity index (χ0) is 16.2. The smallest absolute Gasteiger partial charge is 0.399 e. The number of fused-ring (bicyclic) bond motifs is 1. The average Bonchev–Trinajstić information content (AvgIpc) is 2.90. The zero-order valence-corrected chi connectivity index (χ0v) is 12.9. The van der Waals surface area contributed by atoms with E-state index >= 15 is 0 Å². The summed E-state index contributed by atoms with van der Waals surface area (Å²) in [5.41, 5.74) is 9.24. The van der Waals surface area contributed by atoms with Crippen molar-refractivity contribution in [2.45, 2.75) is 13.3 Å². The molecule has 1 amide bonds. The van der Waals surface area contributed by atoms with E-state index in [1.807, 2.05) is 55.5 Å². The Kier molecular flexibility index (Phi) is 4.19. The van der Waals surface area contributed by atoms with Crippen LogP contribution in [0.15, 0.2) is 48.5 Å². The molecule has 0 bridgehead atoms. The molecular weight excluding hydrogens is 290 g/mol. The number of aromatic amines is 1. The Morgan fingerprint density at radius 2 is 2.00 bits per heavy atom. The Bertz CT molecular complexity index is 825. The van der Waals surface area contributed by atoms with Crippen LogP contribution in [0.1, 0.15) is 13.3 Å². The predicted molar refractivity (Wildman–Crippen MR) is 92.5 cm³/mol. The molecule has 4 N–H and O–H groups in total. The highest BCUT2D eigenvalue weighted by Crippen LogP contribution is 2.38. The number of amides is 1. The first-order valence-corrected chi connectivity index (χ1v) is 7.61. The summed E-state index contributed by atoms with van der Waals surface area (Å²) in [6, 6.07) is 15.4. The minimum absolute atomic E-state index is 0.422. The van der Waals surface area contributed by atoms with Crippen molar-refractivity contribution >= 4 is 22.7 Å². The van der Waals surface area contributed by atoms with Crippen LogP contribution in [-0.2, 0) is 0 Å². The van der Waals surface area contributed by atoms with Gasteiger partial charge in [-0.1, -0.05) is 37.3 Å². The monoisotopic (exact) mass is 309 g/mol. The number of nitrogen functional groups attached to an aromatic ring is 1. The SMILES string of the molecule is CCCNC(=O)Oc1[nH]c2ccc(N)cc2c1-c1ccccc1. The fraction of sp³-hybridized carbons (Fsp3) is 0.167. The number of rotatable bonds is 4. The Morgan fingerprint density at radius 1 is 1.22 bits per heavy atom. The molecule has 0 unspecified atom stereocenters.